The molecule has 1 aliphatic rings. The van der Waals surface area contributed by atoms with Crippen LogP contribution < -0.4 is 0 Å². The molecule has 1 aliphatic heterocycles. The molecular formula is C19H33NO5. The predicted molar refractivity (Wildman–Crippen MR) is 96.0 cm³/mol. The van der Waals surface area contributed by atoms with Crippen LogP contribution in [0.4, 0.5) is 4.79 Å². The molecule has 6 nitrogen and oxygen atoms in total. The van der Waals surface area contributed by atoms with Crippen LogP contribution >= 0.6 is 0 Å². The van der Waals surface area contributed by atoms with Gasteiger partial charge in [-0.15, -0.1) is 0 Å². The Morgan fingerprint density at radius 3 is 2.24 bits per heavy atom. The van der Waals surface area contributed by atoms with Crippen LogP contribution in [0.3, 0.4) is 0 Å². The number of hydrogen-bond donors (Lipinski definition) is 0. The summed E-state index contributed by atoms with van der Waals surface area (Å²) in [6.07, 6.45) is 3.00. The van der Waals surface area contributed by atoms with Crippen LogP contribution in [0.2, 0.25) is 0 Å². The van der Waals surface area contributed by atoms with Gasteiger partial charge < -0.3 is 14.2 Å². The monoisotopic (exact) mass is 355 g/mol. The third-order valence-corrected chi connectivity index (χ3v) is 4.13. The second-order valence-corrected chi connectivity index (χ2v) is 8.29. The molecule has 0 spiro atoms. The molecule has 144 valence electrons. The van der Waals surface area contributed by atoms with Crippen LogP contribution in [0.25, 0.3) is 0 Å². The minimum atomic E-state index is -0.796. The highest BCUT2D eigenvalue weighted by atomic mass is 16.6. The molecular weight excluding hydrogens is 322 g/mol. The molecule has 0 saturated carbocycles. The fraction of sp³-hybridized carbons (Fsp3) is 0.789. The van der Waals surface area contributed by atoms with Gasteiger partial charge in [0.1, 0.15) is 11.3 Å². The Hall–Kier alpha value is -1.56. The lowest BCUT2D eigenvalue weighted by atomic mass is 9.94. The van der Waals surface area contributed by atoms with Gasteiger partial charge in [0.2, 0.25) is 0 Å². The van der Waals surface area contributed by atoms with Crippen LogP contribution in [0.15, 0.2) is 12.2 Å². The van der Waals surface area contributed by atoms with E-state index in [1.807, 2.05) is 61.5 Å². The Labute approximate surface area is 151 Å². The van der Waals surface area contributed by atoms with E-state index in [0.717, 1.165) is 0 Å². The second kappa shape index (κ2) is 7.77. The van der Waals surface area contributed by atoms with Crippen molar-refractivity contribution in [1.82, 2.24) is 4.90 Å². The Balaban J connectivity index is 3.10. The van der Waals surface area contributed by atoms with Crippen molar-refractivity contribution in [3.63, 3.8) is 0 Å². The van der Waals surface area contributed by atoms with Crippen LogP contribution in [0, 0.1) is 11.8 Å². The quantitative estimate of drug-likeness (QED) is 0.568. The minimum Gasteiger partial charge on any atom is -0.469 e. The van der Waals surface area contributed by atoms with Gasteiger partial charge in [0.05, 0.1) is 25.2 Å². The highest BCUT2D eigenvalue weighted by Crippen LogP contribution is 2.34. The first-order valence-electron chi connectivity index (χ1n) is 8.76. The number of esters is 1. The lowest BCUT2D eigenvalue weighted by Crippen LogP contribution is -2.49. The van der Waals surface area contributed by atoms with E-state index in [1.54, 1.807) is 11.0 Å². The average molecular weight is 355 g/mol. The smallest absolute Gasteiger partial charge is 0.413 e. The standard InChI is InChI=1S/C19H33NO5/c1-12(2)14(16(21)23-9)10-11-15-13(3)24-19(7,8)20(15)17(22)25-18(4,5)6/h10-15H,1-9H3/b11-10+/t13-,14+,15-/m1/s1. The third kappa shape index (κ3) is 5.46. The van der Waals surface area contributed by atoms with Gasteiger partial charge in [-0.25, -0.2) is 4.79 Å². The molecule has 25 heavy (non-hydrogen) atoms. The van der Waals surface area contributed by atoms with Gasteiger partial charge in [0, 0.05) is 0 Å². The van der Waals surface area contributed by atoms with Gasteiger partial charge in [0.15, 0.2) is 0 Å². The van der Waals surface area contributed by atoms with Gasteiger partial charge in [-0.05, 0) is 47.5 Å². The maximum atomic E-state index is 12.7. The Kier molecular flexibility index (Phi) is 6.68. The zero-order valence-corrected chi connectivity index (χ0v) is 17.0. The first-order chi connectivity index (χ1) is 11.3. The Morgan fingerprint density at radius 2 is 1.80 bits per heavy atom. The van der Waals surface area contributed by atoms with Crippen molar-refractivity contribution in [1.29, 1.82) is 0 Å². The molecule has 0 aromatic heterocycles. The fourth-order valence-electron chi connectivity index (χ4n) is 2.99. The summed E-state index contributed by atoms with van der Waals surface area (Å²) in [5, 5.41) is 0. The molecule has 0 N–H and O–H groups in total. The average Bonchev–Trinajstić information content (AvgIpc) is 2.65. The van der Waals surface area contributed by atoms with Gasteiger partial charge in [-0.3, -0.25) is 9.69 Å². The molecule has 0 aliphatic carbocycles. The van der Waals surface area contributed by atoms with Crippen LogP contribution in [0.1, 0.15) is 55.4 Å². The van der Waals surface area contributed by atoms with Crippen molar-refractivity contribution in [2.45, 2.75) is 78.9 Å². The summed E-state index contributed by atoms with van der Waals surface area (Å²) in [6.45, 7) is 15.0. The highest BCUT2D eigenvalue weighted by Gasteiger charge is 2.48. The van der Waals surface area contributed by atoms with Crippen molar-refractivity contribution in [3.8, 4) is 0 Å². The molecule has 0 aromatic rings. The molecule has 6 heteroatoms. The van der Waals surface area contributed by atoms with E-state index in [-0.39, 0.29) is 30.0 Å². The maximum absolute atomic E-state index is 12.7. The third-order valence-electron chi connectivity index (χ3n) is 4.13. The number of ether oxygens (including phenoxy) is 3. The summed E-state index contributed by atoms with van der Waals surface area (Å²) in [6, 6.07) is -0.323. The van der Waals surface area contributed by atoms with Gasteiger partial charge >= 0.3 is 12.1 Å². The van der Waals surface area contributed by atoms with Crippen molar-refractivity contribution in [2.75, 3.05) is 7.11 Å². The van der Waals surface area contributed by atoms with Crippen LogP contribution in [-0.2, 0) is 19.0 Å². The molecule has 3 atom stereocenters. The number of carbonyl (C=O) groups excluding carboxylic acids is 2. The summed E-state index contributed by atoms with van der Waals surface area (Å²) >= 11 is 0. The van der Waals surface area contributed by atoms with Crippen molar-refractivity contribution in [3.05, 3.63) is 12.2 Å². The normalized spacial score (nSPS) is 24.6. The Morgan fingerprint density at radius 1 is 1.24 bits per heavy atom. The first-order valence-corrected chi connectivity index (χ1v) is 8.76. The van der Waals surface area contributed by atoms with Crippen LogP contribution in [-0.4, -0.2) is 47.5 Å². The molecule has 1 rings (SSSR count). The number of hydrogen-bond acceptors (Lipinski definition) is 5. The lowest BCUT2D eigenvalue weighted by Gasteiger charge is -2.34. The SMILES string of the molecule is COC(=O)[C@@H](/C=C/[C@@H]1[C@@H](C)OC(C)(C)N1C(=O)OC(C)(C)C)C(C)C. The highest BCUT2D eigenvalue weighted by molar-refractivity contribution is 5.74. The van der Waals surface area contributed by atoms with Crippen molar-refractivity contribution < 1.29 is 23.8 Å². The molecule has 1 heterocycles. The zero-order chi connectivity index (χ0) is 19.6. The molecule has 0 unspecified atom stereocenters. The van der Waals surface area contributed by atoms with E-state index in [1.165, 1.54) is 7.11 Å². The van der Waals surface area contributed by atoms with Crippen molar-refractivity contribution >= 4 is 12.1 Å². The molecule has 1 amide bonds. The predicted octanol–water partition coefficient (Wildman–Crippen LogP) is 3.75. The molecule has 1 saturated heterocycles. The second-order valence-electron chi connectivity index (χ2n) is 8.29. The topological polar surface area (TPSA) is 65.1 Å². The van der Waals surface area contributed by atoms with Gasteiger partial charge in [0.25, 0.3) is 0 Å². The number of nitrogens with zero attached hydrogens (tertiary/aromatic N) is 1. The van der Waals surface area contributed by atoms with E-state index < -0.39 is 17.4 Å². The summed E-state index contributed by atoms with van der Waals surface area (Å²) < 4.78 is 16.4. The van der Waals surface area contributed by atoms with E-state index in [9.17, 15) is 9.59 Å². The molecule has 0 radical (unpaired) electrons. The minimum absolute atomic E-state index is 0.0873. The molecule has 0 aromatic carbocycles. The Bertz CT molecular complexity index is 518. The maximum Gasteiger partial charge on any atom is 0.413 e. The molecule has 0 bridgehead atoms. The summed E-state index contributed by atoms with van der Waals surface area (Å²) in [7, 11) is 1.38. The van der Waals surface area contributed by atoms with E-state index in [4.69, 9.17) is 14.2 Å². The number of methoxy groups -OCH3 is 1. The zero-order valence-electron chi connectivity index (χ0n) is 17.0. The van der Waals surface area contributed by atoms with E-state index in [0.29, 0.717) is 0 Å². The van der Waals surface area contributed by atoms with Crippen LogP contribution in [0.5, 0.6) is 0 Å². The van der Waals surface area contributed by atoms with E-state index in [2.05, 4.69) is 0 Å². The van der Waals surface area contributed by atoms with Gasteiger partial charge in [-0.2, -0.15) is 0 Å². The summed E-state index contributed by atoms with van der Waals surface area (Å²) in [5.41, 5.74) is -1.39. The number of carbonyl (C=O) groups is 2. The first kappa shape index (κ1) is 21.5. The summed E-state index contributed by atoms with van der Waals surface area (Å²) in [5.74, 6) is -0.577. The van der Waals surface area contributed by atoms with Gasteiger partial charge in [-0.1, -0.05) is 26.0 Å². The number of rotatable bonds is 4. The van der Waals surface area contributed by atoms with Crippen molar-refractivity contribution in [2.24, 2.45) is 11.8 Å². The lowest BCUT2D eigenvalue weighted by molar-refractivity contribution is -0.145. The fourth-order valence-corrected chi connectivity index (χ4v) is 2.99. The largest absolute Gasteiger partial charge is 0.469 e. The summed E-state index contributed by atoms with van der Waals surface area (Å²) in [4.78, 5) is 26.3. The van der Waals surface area contributed by atoms with E-state index >= 15 is 0 Å². The molecule has 1 fully saturated rings. The number of amides is 1.